The molecule has 2 rings (SSSR count). The van der Waals surface area contributed by atoms with Crippen molar-refractivity contribution < 1.29 is 0 Å². The lowest BCUT2D eigenvalue weighted by Crippen LogP contribution is -2.20. The third kappa shape index (κ3) is 3.15. The minimum atomic E-state index is 0.0913. The Morgan fingerprint density at radius 1 is 1.32 bits per heavy atom. The Bertz CT molecular complexity index is 530. The Labute approximate surface area is 114 Å². The van der Waals surface area contributed by atoms with E-state index >= 15 is 0 Å². The number of hydrogen-bond donors (Lipinski definition) is 2. The first kappa shape index (κ1) is 13.6. The Balaban J connectivity index is 2.18. The van der Waals surface area contributed by atoms with Gasteiger partial charge in [0, 0.05) is 30.0 Å². The van der Waals surface area contributed by atoms with Gasteiger partial charge in [0.05, 0.1) is 12.2 Å². The van der Waals surface area contributed by atoms with Crippen molar-refractivity contribution in [1.29, 1.82) is 0 Å². The monoisotopic (exact) mass is 258 g/mol. The topological polar surface area (TPSA) is 55.9 Å². The lowest BCUT2D eigenvalue weighted by molar-refractivity contribution is 0.531. The molecule has 1 aromatic heterocycles. The number of rotatable bonds is 5. The summed E-state index contributed by atoms with van der Waals surface area (Å²) in [6.45, 7) is 6.86. The van der Waals surface area contributed by atoms with E-state index in [0.717, 1.165) is 11.3 Å². The summed E-state index contributed by atoms with van der Waals surface area (Å²) in [5.74, 6) is 0. The van der Waals surface area contributed by atoms with E-state index in [0.29, 0.717) is 12.6 Å². The number of benzene rings is 1. The fourth-order valence-corrected chi connectivity index (χ4v) is 2.02. The highest BCUT2D eigenvalue weighted by Crippen LogP contribution is 2.21. The van der Waals surface area contributed by atoms with Crippen LogP contribution in [0.5, 0.6) is 0 Å². The van der Waals surface area contributed by atoms with Gasteiger partial charge in [0.2, 0.25) is 0 Å². The zero-order chi connectivity index (χ0) is 13.8. The van der Waals surface area contributed by atoms with Gasteiger partial charge in [-0.2, -0.15) is 5.10 Å². The van der Waals surface area contributed by atoms with E-state index in [1.165, 1.54) is 5.56 Å². The third-order valence-corrected chi connectivity index (χ3v) is 3.26. The predicted molar refractivity (Wildman–Crippen MR) is 79.2 cm³/mol. The standard InChI is InChI=1S/C15H22N4/c1-11(2)19-10-13(9-17-19)15(8-16)18-14-7-5-4-6-12(14)3/h4-7,9-11,15,18H,8,16H2,1-3H3. The lowest BCUT2D eigenvalue weighted by atomic mass is 10.1. The van der Waals surface area contributed by atoms with Crippen molar-refractivity contribution in [3.05, 3.63) is 47.8 Å². The second-order valence-corrected chi connectivity index (χ2v) is 5.09. The summed E-state index contributed by atoms with van der Waals surface area (Å²) >= 11 is 0. The van der Waals surface area contributed by atoms with Crippen LogP contribution in [0.1, 0.15) is 37.1 Å². The van der Waals surface area contributed by atoms with Gasteiger partial charge in [0.25, 0.3) is 0 Å². The Kier molecular flexibility index (Phi) is 4.22. The highest BCUT2D eigenvalue weighted by atomic mass is 15.3. The number of nitrogens with two attached hydrogens (primary N) is 1. The molecule has 0 aliphatic carbocycles. The van der Waals surface area contributed by atoms with Gasteiger partial charge in [0.1, 0.15) is 0 Å². The molecule has 0 aliphatic heterocycles. The Morgan fingerprint density at radius 2 is 2.05 bits per heavy atom. The fourth-order valence-electron chi connectivity index (χ4n) is 2.02. The van der Waals surface area contributed by atoms with E-state index in [4.69, 9.17) is 5.73 Å². The van der Waals surface area contributed by atoms with Crippen molar-refractivity contribution in [2.45, 2.75) is 32.9 Å². The smallest absolute Gasteiger partial charge is 0.0667 e. The van der Waals surface area contributed by atoms with Crippen molar-refractivity contribution in [3.8, 4) is 0 Å². The van der Waals surface area contributed by atoms with Crippen LogP contribution in [-0.2, 0) is 0 Å². The Morgan fingerprint density at radius 3 is 2.63 bits per heavy atom. The first-order chi connectivity index (χ1) is 9.11. The SMILES string of the molecule is Cc1ccccc1NC(CN)c1cnn(C(C)C)c1. The molecule has 1 heterocycles. The average molecular weight is 258 g/mol. The van der Waals surface area contributed by atoms with Crippen LogP contribution in [0.15, 0.2) is 36.7 Å². The minimum Gasteiger partial charge on any atom is -0.377 e. The average Bonchev–Trinajstić information content (AvgIpc) is 2.87. The van der Waals surface area contributed by atoms with Crippen LogP contribution >= 0.6 is 0 Å². The maximum atomic E-state index is 5.89. The number of hydrogen-bond acceptors (Lipinski definition) is 3. The van der Waals surface area contributed by atoms with Crippen LogP contribution in [0.3, 0.4) is 0 Å². The predicted octanol–water partition coefficient (Wildman–Crippen LogP) is 2.88. The number of nitrogens with one attached hydrogen (secondary N) is 1. The van der Waals surface area contributed by atoms with E-state index in [2.05, 4.69) is 49.5 Å². The molecule has 2 aromatic rings. The number of anilines is 1. The number of aromatic nitrogens is 2. The second kappa shape index (κ2) is 5.89. The first-order valence-corrected chi connectivity index (χ1v) is 6.68. The van der Waals surface area contributed by atoms with Gasteiger partial charge in [-0.3, -0.25) is 4.68 Å². The van der Waals surface area contributed by atoms with Crippen molar-refractivity contribution in [2.24, 2.45) is 5.73 Å². The molecule has 0 fully saturated rings. The Hall–Kier alpha value is -1.81. The summed E-state index contributed by atoms with van der Waals surface area (Å²) in [7, 11) is 0. The quantitative estimate of drug-likeness (QED) is 0.867. The normalized spacial score (nSPS) is 12.7. The highest BCUT2D eigenvalue weighted by Gasteiger charge is 2.13. The highest BCUT2D eigenvalue weighted by molar-refractivity contribution is 5.51. The molecule has 4 nitrogen and oxygen atoms in total. The molecule has 0 aliphatic rings. The zero-order valence-corrected chi connectivity index (χ0v) is 11.8. The van der Waals surface area contributed by atoms with Gasteiger partial charge in [-0.15, -0.1) is 0 Å². The second-order valence-electron chi connectivity index (χ2n) is 5.09. The van der Waals surface area contributed by atoms with Gasteiger partial charge in [-0.25, -0.2) is 0 Å². The summed E-state index contributed by atoms with van der Waals surface area (Å²) in [5, 5.41) is 7.86. The molecule has 1 atom stereocenters. The molecule has 0 spiro atoms. The fraction of sp³-hybridized carbons (Fsp3) is 0.400. The van der Waals surface area contributed by atoms with Crippen molar-refractivity contribution in [2.75, 3.05) is 11.9 Å². The van der Waals surface area contributed by atoms with Crippen LogP contribution < -0.4 is 11.1 Å². The molecule has 102 valence electrons. The number of para-hydroxylation sites is 1. The molecule has 1 aromatic carbocycles. The van der Waals surface area contributed by atoms with Crippen LogP contribution in [0.2, 0.25) is 0 Å². The van der Waals surface area contributed by atoms with Crippen molar-refractivity contribution in [1.82, 2.24) is 9.78 Å². The summed E-state index contributed by atoms with van der Waals surface area (Å²) in [6, 6.07) is 8.69. The number of aryl methyl sites for hydroxylation is 1. The maximum absolute atomic E-state index is 5.89. The van der Waals surface area contributed by atoms with Crippen LogP contribution in [0.25, 0.3) is 0 Å². The third-order valence-electron chi connectivity index (χ3n) is 3.26. The molecule has 0 radical (unpaired) electrons. The molecule has 3 N–H and O–H groups in total. The van der Waals surface area contributed by atoms with E-state index in [-0.39, 0.29) is 6.04 Å². The van der Waals surface area contributed by atoms with Gasteiger partial charge >= 0.3 is 0 Å². The molecule has 0 amide bonds. The zero-order valence-electron chi connectivity index (χ0n) is 11.8. The molecule has 0 saturated heterocycles. The van der Waals surface area contributed by atoms with E-state index in [1.54, 1.807) is 0 Å². The molecule has 0 bridgehead atoms. The summed E-state index contributed by atoms with van der Waals surface area (Å²) < 4.78 is 1.96. The van der Waals surface area contributed by atoms with Gasteiger partial charge in [0.15, 0.2) is 0 Å². The maximum Gasteiger partial charge on any atom is 0.0667 e. The van der Waals surface area contributed by atoms with Gasteiger partial charge < -0.3 is 11.1 Å². The molecule has 4 heteroatoms. The molecular formula is C15H22N4. The summed E-state index contributed by atoms with van der Waals surface area (Å²) in [5.41, 5.74) is 9.35. The van der Waals surface area contributed by atoms with Crippen molar-refractivity contribution >= 4 is 5.69 Å². The minimum absolute atomic E-state index is 0.0913. The first-order valence-electron chi connectivity index (χ1n) is 6.68. The molecule has 0 saturated carbocycles. The summed E-state index contributed by atoms with van der Waals surface area (Å²) in [4.78, 5) is 0. The van der Waals surface area contributed by atoms with Gasteiger partial charge in [-0.05, 0) is 32.4 Å². The molecule has 19 heavy (non-hydrogen) atoms. The summed E-state index contributed by atoms with van der Waals surface area (Å²) in [6.07, 6.45) is 3.95. The molecular weight excluding hydrogens is 236 g/mol. The van der Waals surface area contributed by atoms with Gasteiger partial charge in [-0.1, -0.05) is 18.2 Å². The lowest BCUT2D eigenvalue weighted by Gasteiger charge is -2.18. The van der Waals surface area contributed by atoms with E-state index < -0.39 is 0 Å². The van der Waals surface area contributed by atoms with E-state index in [1.807, 2.05) is 23.0 Å². The van der Waals surface area contributed by atoms with Crippen LogP contribution in [0.4, 0.5) is 5.69 Å². The number of nitrogens with zero attached hydrogens (tertiary/aromatic N) is 2. The van der Waals surface area contributed by atoms with E-state index in [9.17, 15) is 0 Å². The van der Waals surface area contributed by atoms with Crippen LogP contribution in [-0.4, -0.2) is 16.3 Å². The largest absolute Gasteiger partial charge is 0.377 e. The molecule has 1 unspecified atom stereocenters. The van der Waals surface area contributed by atoms with Crippen LogP contribution in [0, 0.1) is 6.92 Å². The van der Waals surface area contributed by atoms with Crippen molar-refractivity contribution in [3.63, 3.8) is 0 Å².